The van der Waals surface area contributed by atoms with Crippen molar-refractivity contribution < 1.29 is 14.3 Å². The summed E-state index contributed by atoms with van der Waals surface area (Å²) in [7, 11) is 0. The van der Waals surface area contributed by atoms with Gasteiger partial charge < -0.3 is 14.8 Å². The van der Waals surface area contributed by atoms with Crippen LogP contribution >= 0.6 is 0 Å². The molecule has 4 heteroatoms. The third kappa shape index (κ3) is 8.39. The molecule has 0 radical (unpaired) electrons. The van der Waals surface area contributed by atoms with Gasteiger partial charge in [-0.05, 0) is 12.8 Å². The van der Waals surface area contributed by atoms with E-state index >= 15 is 0 Å². The first-order valence-corrected chi connectivity index (χ1v) is 5.73. The SMILES string of the molecule is CC(=O)NCCCCCCOCC1CO1. The van der Waals surface area contributed by atoms with Gasteiger partial charge in [0.15, 0.2) is 0 Å². The highest BCUT2D eigenvalue weighted by Crippen LogP contribution is 2.09. The molecule has 0 spiro atoms. The summed E-state index contributed by atoms with van der Waals surface area (Å²) in [5, 5.41) is 2.78. The molecule has 15 heavy (non-hydrogen) atoms. The van der Waals surface area contributed by atoms with Crippen molar-refractivity contribution in [1.82, 2.24) is 5.32 Å². The number of nitrogens with one attached hydrogen (secondary N) is 1. The summed E-state index contributed by atoms with van der Waals surface area (Å²) in [5.74, 6) is 0.0581. The predicted molar refractivity (Wildman–Crippen MR) is 57.7 cm³/mol. The summed E-state index contributed by atoms with van der Waals surface area (Å²) in [6.07, 6.45) is 4.87. The molecule has 1 saturated heterocycles. The molecule has 1 amide bonds. The Labute approximate surface area is 91.3 Å². The average molecular weight is 215 g/mol. The number of amides is 1. The molecule has 1 N–H and O–H groups in total. The molecule has 0 aromatic carbocycles. The predicted octanol–water partition coefficient (Wildman–Crippen LogP) is 1.10. The van der Waals surface area contributed by atoms with Crippen LogP contribution in [0.2, 0.25) is 0 Å². The molecule has 1 aliphatic heterocycles. The molecule has 1 aliphatic rings. The molecule has 4 nitrogen and oxygen atoms in total. The van der Waals surface area contributed by atoms with E-state index in [1.807, 2.05) is 0 Å². The zero-order chi connectivity index (χ0) is 10.9. The van der Waals surface area contributed by atoms with Crippen LogP contribution in [0.15, 0.2) is 0 Å². The Kier molecular flexibility index (Phi) is 6.36. The molecule has 0 aromatic rings. The van der Waals surface area contributed by atoms with Crippen LogP contribution in [0, 0.1) is 0 Å². The van der Waals surface area contributed by atoms with Crippen LogP contribution in [0.1, 0.15) is 32.6 Å². The highest BCUT2D eigenvalue weighted by Gasteiger charge is 2.21. The third-order valence-electron chi connectivity index (χ3n) is 2.30. The van der Waals surface area contributed by atoms with Gasteiger partial charge in [0, 0.05) is 20.1 Å². The topological polar surface area (TPSA) is 50.9 Å². The molecule has 1 heterocycles. The summed E-state index contributed by atoms with van der Waals surface area (Å²) in [4.78, 5) is 10.5. The minimum atomic E-state index is 0.0581. The maximum absolute atomic E-state index is 10.5. The lowest BCUT2D eigenvalue weighted by atomic mass is 10.2. The van der Waals surface area contributed by atoms with Crippen LogP contribution in [0.5, 0.6) is 0 Å². The Morgan fingerprint density at radius 2 is 2.13 bits per heavy atom. The second-order valence-electron chi connectivity index (χ2n) is 3.93. The van der Waals surface area contributed by atoms with E-state index in [1.54, 1.807) is 6.92 Å². The smallest absolute Gasteiger partial charge is 0.216 e. The van der Waals surface area contributed by atoms with Crippen molar-refractivity contribution in [3.63, 3.8) is 0 Å². The van der Waals surface area contributed by atoms with E-state index < -0.39 is 0 Å². The van der Waals surface area contributed by atoms with Crippen molar-refractivity contribution in [3.8, 4) is 0 Å². The number of hydrogen-bond acceptors (Lipinski definition) is 3. The van der Waals surface area contributed by atoms with E-state index in [9.17, 15) is 4.79 Å². The molecular formula is C11H21NO3. The molecule has 1 fully saturated rings. The lowest BCUT2D eigenvalue weighted by molar-refractivity contribution is -0.118. The molecule has 1 rings (SSSR count). The Morgan fingerprint density at radius 3 is 2.80 bits per heavy atom. The maximum Gasteiger partial charge on any atom is 0.216 e. The monoisotopic (exact) mass is 215 g/mol. The molecule has 0 aromatic heterocycles. The number of ether oxygens (including phenoxy) is 2. The summed E-state index contributed by atoms with van der Waals surface area (Å²) in [5.41, 5.74) is 0. The summed E-state index contributed by atoms with van der Waals surface area (Å²) in [6.45, 7) is 4.81. The van der Waals surface area contributed by atoms with Gasteiger partial charge in [0.1, 0.15) is 6.10 Å². The minimum absolute atomic E-state index is 0.0581. The summed E-state index contributed by atoms with van der Waals surface area (Å²) >= 11 is 0. The second-order valence-corrected chi connectivity index (χ2v) is 3.93. The number of carbonyl (C=O) groups is 1. The van der Waals surface area contributed by atoms with Crippen LogP contribution in [0.3, 0.4) is 0 Å². The van der Waals surface area contributed by atoms with E-state index in [0.717, 1.165) is 45.6 Å². The van der Waals surface area contributed by atoms with Gasteiger partial charge in [0.2, 0.25) is 5.91 Å². The van der Waals surface area contributed by atoms with Gasteiger partial charge in [-0.1, -0.05) is 12.8 Å². The Balaban J connectivity index is 1.67. The van der Waals surface area contributed by atoms with Crippen LogP contribution in [0.4, 0.5) is 0 Å². The standard InChI is InChI=1S/C11H21NO3/c1-10(13)12-6-4-2-3-5-7-14-8-11-9-15-11/h11H,2-9H2,1H3,(H,12,13). The fourth-order valence-electron chi connectivity index (χ4n) is 1.33. The molecule has 1 unspecified atom stereocenters. The zero-order valence-electron chi connectivity index (χ0n) is 9.46. The van der Waals surface area contributed by atoms with Crippen molar-refractivity contribution in [3.05, 3.63) is 0 Å². The lowest BCUT2D eigenvalue weighted by Gasteiger charge is -2.03. The average Bonchev–Trinajstić information content (AvgIpc) is 2.98. The normalized spacial score (nSPS) is 18.9. The number of carbonyl (C=O) groups excluding carboxylic acids is 1. The Hall–Kier alpha value is -0.610. The fraction of sp³-hybridized carbons (Fsp3) is 0.909. The van der Waals surface area contributed by atoms with Gasteiger partial charge in [0.05, 0.1) is 13.2 Å². The first-order chi connectivity index (χ1) is 7.29. The van der Waals surface area contributed by atoms with E-state index in [1.165, 1.54) is 6.42 Å². The van der Waals surface area contributed by atoms with Crippen LogP contribution in [-0.2, 0) is 14.3 Å². The quantitative estimate of drug-likeness (QED) is 0.463. The van der Waals surface area contributed by atoms with E-state index in [0.29, 0.717) is 6.10 Å². The first-order valence-electron chi connectivity index (χ1n) is 5.73. The van der Waals surface area contributed by atoms with Crippen molar-refractivity contribution in [2.24, 2.45) is 0 Å². The fourth-order valence-corrected chi connectivity index (χ4v) is 1.33. The second kappa shape index (κ2) is 7.65. The molecule has 0 aliphatic carbocycles. The van der Waals surface area contributed by atoms with E-state index in [4.69, 9.17) is 9.47 Å². The molecule has 0 saturated carbocycles. The molecule has 0 bridgehead atoms. The van der Waals surface area contributed by atoms with Gasteiger partial charge in [-0.25, -0.2) is 0 Å². The van der Waals surface area contributed by atoms with Crippen LogP contribution < -0.4 is 5.32 Å². The number of epoxide rings is 1. The van der Waals surface area contributed by atoms with Gasteiger partial charge in [-0.3, -0.25) is 4.79 Å². The zero-order valence-corrected chi connectivity index (χ0v) is 9.46. The minimum Gasteiger partial charge on any atom is -0.379 e. The number of hydrogen-bond donors (Lipinski definition) is 1. The first kappa shape index (κ1) is 12.5. The van der Waals surface area contributed by atoms with Crippen LogP contribution in [0.25, 0.3) is 0 Å². The van der Waals surface area contributed by atoms with Crippen LogP contribution in [-0.4, -0.2) is 38.4 Å². The third-order valence-corrected chi connectivity index (χ3v) is 2.30. The Morgan fingerprint density at radius 1 is 1.40 bits per heavy atom. The van der Waals surface area contributed by atoms with Gasteiger partial charge in [-0.2, -0.15) is 0 Å². The van der Waals surface area contributed by atoms with Crippen molar-refractivity contribution in [1.29, 1.82) is 0 Å². The van der Waals surface area contributed by atoms with E-state index in [-0.39, 0.29) is 5.91 Å². The van der Waals surface area contributed by atoms with Crippen molar-refractivity contribution in [2.75, 3.05) is 26.4 Å². The lowest BCUT2D eigenvalue weighted by Crippen LogP contribution is -2.20. The molecule has 88 valence electrons. The number of unbranched alkanes of at least 4 members (excludes halogenated alkanes) is 3. The van der Waals surface area contributed by atoms with Crippen molar-refractivity contribution in [2.45, 2.75) is 38.7 Å². The van der Waals surface area contributed by atoms with Gasteiger partial charge >= 0.3 is 0 Å². The largest absolute Gasteiger partial charge is 0.379 e. The maximum atomic E-state index is 10.5. The van der Waals surface area contributed by atoms with Gasteiger partial charge in [-0.15, -0.1) is 0 Å². The van der Waals surface area contributed by atoms with Gasteiger partial charge in [0.25, 0.3) is 0 Å². The summed E-state index contributed by atoms with van der Waals surface area (Å²) < 4.78 is 10.4. The number of rotatable bonds is 9. The summed E-state index contributed by atoms with van der Waals surface area (Å²) in [6, 6.07) is 0. The highest BCUT2D eigenvalue weighted by atomic mass is 16.6. The van der Waals surface area contributed by atoms with Crippen molar-refractivity contribution >= 4 is 5.91 Å². The van der Waals surface area contributed by atoms with E-state index in [2.05, 4.69) is 5.32 Å². The molecular weight excluding hydrogens is 194 g/mol. The highest BCUT2D eigenvalue weighted by molar-refractivity contribution is 5.72. The Bertz CT molecular complexity index is 181. The molecule has 1 atom stereocenters.